The van der Waals surface area contributed by atoms with Crippen LogP contribution < -0.4 is 0 Å². The third-order valence-electron chi connectivity index (χ3n) is 15.2. The molecule has 0 saturated carbocycles. The first-order chi connectivity index (χ1) is 39.0. The Balaban J connectivity index is 4.23. The SMILES string of the molecule is CC/C=C\C/C=C\C/C=C\CCCCCC(=O)OCC(COC(=O)CCCCCCCCCCCCCCCCCCCCCCCCCCCCCCC)OC(=O)CCCCCCCC/C=C\C/C=C\C/C=C\CCCCC. The lowest BCUT2D eigenvalue weighted by molar-refractivity contribution is -0.167. The summed E-state index contributed by atoms with van der Waals surface area (Å²) in [6, 6.07) is 0. The molecule has 458 valence electrons. The van der Waals surface area contributed by atoms with Crippen LogP contribution >= 0.6 is 0 Å². The van der Waals surface area contributed by atoms with Crippen LogP contribution in [0.2, 0.25) is 0 Å². The summed E-state index contributed by atoms with van der Waals surface area (Å²) in [5.41, 5.74) is 0. The zero-order valence-corrected chi connectivity index (χ0v) is 52.6. The van der Waals surface area contributed by atoms with Gasteiger partial charge in [-0.25, -0.2) is 0 Å². The van der Waals surface area contributed by atoms with Crippen molar-refractivity contribution in [1.29, 1.82) is 0 Å². The Morgan fingerprint density at radius 3 is 0.810 bits per heavy atom. The summed E-state index contributed by atoms with van der Waals surface area (Å²) in [5, 5.41) is 0. The minimum atomic E-state index is -0.795. The number of carbonyl (C=O) groups is 3. The van der Waals surface area contributed by atoms with Crippen LogP contribution in [0, 0.1) is 0 Å². The standard InChI is InChI=1S/C73H130O6/c1-4-7-10-13-16-19-22-25-27-29-31-32-33-34-35-36-37-38-39-40-42-43-45-48-51-54-57-60-63-66-72(75)78-69-70(68-77-71(74)65-62-59-56-53-50-47-24-21-18-15-12-9-6-3)79-73(76)67-64-61-58-55-52-49-46-44-41-30-28-26-23-20-17-14-11-8-5-2/h9,12,17-18,20-21,26,28,41,44,47,50,70H,4-8,10-11,13-16,19,22-25,27,29-40,42-43,45-46,48-49,51-69H2,1-3H3/b12-9-,20-17-,21-18-,28-26-,44-41-,50-47-. The number of unbranched alkanes of at least 4 members (excludes halogenated alkanes) is 40. The summed E-state index contributed by atoms with van der Waals surface area (Å²) in [6.07, 6.45) is 88.0. The van der Waals surface area contributed by atoms with Crippen LogP contribution in [0.5, 0.6) is 0 Å². The average Bonchev–Trinajstić information content (AvgIpc) is 3.45. The summed E-state index contributed by atoms with van der Waals surface area (Å²) in [4.78, 5) is 38.3. The topological polar surface area (TPSA) is 78.9 Å². The molecule has 0 spiro atoms. The summed E-state index contributed by atoms with van der Waals surface area (Å²) in [7, 11) is 0. The fourth-order valence-corrected chi connectivity index (χ4v) is 10.1. The molecule has 0 aliphatic heterocycles. The van der Waals surface area contributed by atoms with E-state index in [-0.39, 0.29) is 31.1 Å². The molecule has 6 heteroatoms. The molecule has 0 fully saturated rings. The molecule has 0 bridgehead atoms. The maximum absolute atomic E-state index is 12.9. The zero-order chi connectivity index (χ0) is 57.1. The van der Waals surface area contributed by atoms with E-state index in [0.717, 1.165) is 109 Å². The zero-order valence-electron chi connectivity index (χ0n) is 52.6. The highest BCUT2D eigenvalue weighted by Gasteiger charge is 2.19. The van der Waals surface area contributed by atoms with E-state index in [4.69, 9.17) is 14.2 Å². The second-order valence-corrected chi connectivity index (χ2v) is 23.1. The minimum absolute atomic E-state index is 0.0876. The smallest absolute Gasteiger partial charge is 0.306 e. The Bertz CT molecular complexity index is 1450. The van der Waals surface area contributed by atoms with E-state index in [1.54, 1.807) is 0 Å². The van der Waals surface area contributed by atoms with Crippen LogP contribution in [0.1, 0.15) is 355 Å². The Morgan fingerprint density at radius 1 is 0.266 bits per heavy atom. The van der Waals surface area contributed by atoms with Crippen molar-refractivity contribution in [2.24, 2.45) is 0 Å². The van der Waals surface area contributed by atoms with Gasteiger partial charge in [-0.05, 0) is 89.9 Å². The fraction of sp³-hybridized carbons (Fsp3) is 0.795. The Morgan fingerprint density at radius 2 is 0.494 bits per heavy atom. The van der Waals surface area contributed by atoms with Gasteiger partial charge in [0.2, 0.25) is 0 Å². The molecule has 0 radical (unpaired) electrons. The molecular weight excluding hydrogens is 973 g/mol. The van der Waals surface area contributed by atoms with E-state index >= 15 is 0 Å². The monoisotopic (exact) mass is 1100 g/mol. The van der Waals surface area contributed by atoms with E-state index in [1.165, 1.54) is 205 Å². The van der Waals surface area contributed by atoms with Gasteiger partial charge >= 0.3 is 17.9 Å². The molecule has 1 unspecified atom stereocenters. The number of hydrogen-bond acceptors (Lipinski definition) is 6. The van der Waals surface area contributed by atoms with Crippen molar-refractivity contribution in [1.82, 2.24) is 0 Å². The van der Waals surface area contributed by atoms with Gasteiger partial charge in [0, 0.05) is 19.3 Å². The highest BCUT2D eigenvalue weighted by atomic mass is 16.6. The first-order valence-corrected chi connectivity index (χ1v) is 34.4. The normalized spacial score (nSPS) is 12.5. The van der Waals surface area contributed by atoms with Crippen molar-refractivity contribution in [3.63, 3.8) is 0 Å². The maximum atomic E-state index is 12.9. The molecule has 0 aromatic rings. The molecule has 0 N–H and O–H groups in total. The molecule has 79 heavy (non-hydrogen) atoms. The van der Waals surface area contributed by atoms with Crippen molar-refractivity contribution in [3.8, 4) is 0 Å². The maximum Gasteiger partial charge on any atom is 0.306 e. The lowest BCUT2D eigenvalue weighted by Gasteiger charge is -2.18. The lowest BCUT2D eigenvalue weighted by Crippen LogP contribution is -2.30. The minimum Gasteiger partial charge on any atom is -0.462 e. The molecule has 0 aromatic carbocycles. The lowest BCUT2D eigenvalue weighted by atomic mass is 10.0. The molecular formula is C73H130O6. The number of allylic oxidation sites excluding steroid dienone is 12. The van der Waals surface area contributed by atoms with Gasteiger partial charge in [-0.3, -0.25) is 14.4 Å². The second-order valence-electron chi connectivity index (χ2n) is 23.1. The Hall–Kier alpha value is -3.15. The summed E-state index contributed by atoms with van der Waals surface area (Å²) in [6.45, 7) is 6.51. The predicted octanol–water partition coefficient (Wildman–Crippen LogP) is 23.7. The van der Waals surface area contributed by atoms with E-state index in [2.05, 4.69) is 93.7 Å². The first-order valence-electron chi connectivity index (χ1n) is 34.4. The van der Waals surface area contributed by atoms with Crippen molar-refractivity contribution in [2.45, 2.75) is 361 Å². The van der Waals surface area contributed by atoms with E-state index in [0.29, 0.717) is 19.3 Å². The molecule has 0 heterocycles. The number of carbonyl (C=O) groups excluding carboxylic acids is 3. The van der Waals surface area contributed by atoms with E-state index in [9.17, 15) is 14.4 Å². The van der Waals surface area contributed by atoms with Crippen molar-refractivity contribution in [2.75, 3.05) is 13.2 Å². The highest BCUT2D eigenvalue weighted by molar-refractivity contribution is 5.71. The summed E-state index contributed by atoms with van der Waals surface area (Å²) < 4.78 is 16.9. The molecule has 0 saturated heterocycles. The number of rotatable bonds is 63. The second kappa shape index (κ2) is 67.4. The van der Waals surface area contributed by atoms with Crippen LogP contribution in [0.3, 0.4) is 0 Å². The Labute approximate surface area is 491 Å². The molecule has 0 aliphatic carbocycles. The third-order valence-corrected chi connectivity index (χ3v) is 15.2. The van der Waals surface area contributed by atoms with Crippen LogP contribution in [0.4, 0.5) is 0 Å². The predicted molar refractivity (Wildman–Crippen MR) is 344 cm³/mol. The van der Waals surface area contributed by atoms with Gasteiger partial charge in [0.05, 0.1) is 0 Å². The van der Waals surface area contributed by atoms with Crippen LogP contribution in [-0.2, 0) is 28.6 Å². The number of hydrogen-bond donors (Lipinski definition) is 0. The van der Waals surface area contributed by atoms with E-state index < -0.39 is 6.10 Å². The molecule has 0 aliphatic rings. The molecule has 6 nitrogen and oxygen atoms in total. The number of ether oxygens (including phenoxy) is 3. The van der Waals surface area contributed by atoms with E-state index in [1.807, 2.05) is 0 Å². The summed E-state index contributed by atoms with van der Waals surface area (Å²) >= 11 is 0. The molecule has 0 rings (SSSR count). The third kappa shape index (κ3) is 65.5. The van der Waals surface area contributed by atoms with Crippen LogP contribution in [-0.4, -0.2) is 37.2 Å². The van der Waals surface area contributed by atoms with Gasteiger partial charge < -0.3 is 14.2 Å². The fourth-order valence-electron chi connectivity index (χ4n) is 10.1. The molecule has 0 aromatic heterocycles. The number of esters is 3. The van der Waals surface area contributed by atoms with Gasteiger partial charge in [-0.1, -0.05) is 318 Å². The van der Waals surface area contributed by atoms with Crippen LogP contribution in [0.25, 0.3) is 0 Å². The molecule has 0 amide bonds. The largest absolute Gasteiger partial charge is 0.462 e. The van der Waals surface area contributed by atoms with Gasteiger partial charge in [0.15, 0.2) is 6.10 Å². The van der Waals surface area contributed by atoms with Gasteiger partial charge in [0.25, 0.3) is 0 Å². The van der Waals surface area contributed by atoms with Gasteiger partial charge in [-0.2, -0.15) is 0 Å². The summed E-state index contributed by atoms with van der Waals surface area (Å²) in [5.74, 6) is -0.914. The van der Waals surface area contributed by atoms with Crippen LogP contribution in [0.15, 0.2) is 72.9 Å². The van der Waals surface area contributed by atoms with Gasteiger partial charge in [0.1, 0.15) is 13.2 Å². The van der Waals surface area contributed by atoms with Crippen molar-refractivity contribution in [3.05, 3.63) is 72.9 Å². The molecule has 1 atom stereocenters. The first kappa shape index (κ1) is 75.8. The van der Waals surface area contributed by atoms with Crippen molar-refractivity contribution >= 4 is 17.9 Å². The highest BCUT2D eigenvalue weighted by Crippen LogP contribution is 2.18. The van der Waals surface area contributed by atoms with Crippen molar-refractivity contribution < 1.29 is 28.6 Å². The average molecular weight is 1100 g/mol. The van der Waals surface area contributed by atoms with Gasteiger partial charge in [-0.15, -0.1) is 0 Å². The quantitative estimate of drug-likeness (QED) is 0.0261. The Kier molecular flexibility index (Phi) is 64.7.